The van der Waals surface area contributed by atoms with Gasteiger partial charge in [-0.1, -0.05) is 0 Å². The number of carbonyl (C=O) groups is 3. The smallest absolute Gasteiger partial charge is 0.226 e. The highest BCUT2D eigenvalue weighted by atomic mass is 16.2. The zero-order valence-corrected chi connectivity index (χ0v) is 17.6. The van der Waals surface area contributed by atoms with Crippen molar-refractivity contribution in [2.75, 3.05) is 34.8 Å². The number of amides is 2. The fourth-order valence-corrected chi connectivity index (χ4v) is 3.13. The number of nitrogens with one attached hydrogen (secondary N) is 1. The summed E-state index contributed by atoms with van der Waals surface area (Å²) in [7, 11) is 0. The lowest BCUT2D eigenvalue weighted by Crippen LogP contribution is -2.32. The second-order valence-electron chi connectivity index (χ2n) is 6.79. The van der Waals surface area contributed by atoms with Crippen LogP contribution in [0.2, 0.25) is 0 Å². The average molecular weight is 396 g/mol. The number of hydrogen-bond acceptors (Lipinski definition) is 4. The van der Waals surface area contributed by atoms with E-state index in [1.165, 1.54) is 18.7 Å². The van der Waals surface area contributed by atoms with Gasteiger partial charge in [0.1, 0.15) is 0 Å². The van der Waals surface area contributed by atoms with Gasteiger partial charge in [0.15, 0.2) is 5.78 Å². The lowest BCUT2D eigenvalue weighted by molar-refractivity contribution is -0.117. The van der Waals surface area contributed by atoms with E-state index in [2.05, 4.69) is 24.1 Å². The Bertz CT molecular complexity index is 841. The maximum atomic E-state index is 12.3. The first-order valence-electron chi connectivity index (χ1n) is 9.89. The maximum absolute atomic E-state index is 12.3. The normalized spacial score (nSPS) is 10.3. The highest BCUT2D eigenvalue weighted by Crippen LogP contribution is 2.19. The van der Waals surface area contributed by atoms with Crippen molar-refractivity contribution in [2.45, 2.75) is 34.1 Å². The first-order valence-corrected chi connectivity index (χ1v) is 9.89. The van der Waals surface area contributed by atoms with Crippen LogP contribution >= 0.6 is 0 Å². The predicted molar refractivity (Wildman–Crippen MR) is 118 cm³/mol. The molecule has 0 aliphatic carbocycles. The molecule has 0 aliphatic heterocycles. The molecule has 0 bridgehead atoms. The highest BCUT2D eigenvalue weighted by molar-refractivity contribution is 5.97. The standard InChI is InChI=1S/C23H29N3O3/c1-5-25(6-2)21-13-9-20(10-14-21)24-23(29)15-16-26(18(4)28)22-11-7-19(8-12-22)17(3)27/h7-14H,5-6,15-16H2,1-4H3,(H,24,29). The Hall–Kier alpha value is -3.15. The van der Waals surface area contributed by atoms with Gasteiger partial charge in [-0.3, -0.25) is 14.4 Å². The summed E-state index contributed by atoms with van der Waals surface area (Å²) in [5, 5.41) is 2.87. The lowest BCUT2D eigenvalue weighted by atomic mass is 10.1. The van der Waals surface area contributed by atoms with Gasteiger partial charge in [-0.2, -0.15) is 0 Å². The zero-order chi connectivity index (χ0) is 21.4. The van der Waals surface area contributed by atoms with Crippen LogP contribution in [0.3, 0.4) is 0 Å². The van der Waals surface area contributed by atoms with Gasteiger partial charge in [0.2, 0.25) is 11.8 Å². The molecule has 0 saturated carbocycles. The summed E-state index contributed by atoms with van der Waals surface area (Å²) in [6, 6.07) is 14.6. The molecule has 2 rings (SSSR count). The monoisotopic (exact) mass is 395 g/mol. The molecule has 0 atom stereocenters. The molecule has 0 heterocycles. The van der Waals surface area contributed by atoms with Gasteiger partial charge in [0.25, 0.3) is 0 Å². The summed E-state index contributed by atoms with van der Waals surface area (Å²) in [4.78, 5) is 39.5. The Kier molecular flexibility index (Phi) is 7.95. The van der Waals surface area contributed by atoms with E-state index in [0.717, 1.165) is 24.5 Å². The predicted octanol–water partition coefficient (Wildman–Crippen LogP) is 4.12. The Morgan fingerprint density at radius 2 is 1.38 bits per heavy atom. The van der Waals surface area contributed by atoms with Crippen LogP contribution in [0.15, 0.2) is 48.5 Å². The highest BCUT2D eigenvalue weighted by Gasteiger charge is 2.14. The Labute approximate surface area is 172 Å². The molecule has 154 valence electrons. The van der Waals surface area contributed by atoms with E-state index in [4.69, 9.17) is 0 Å². The first-order chi connectivity index (χ1) is 13.8. The molecule has 0 radical (unpaired) electrons. The molecule has 1 N–H and O–H groups in total. The molecule has 0 fully saturated rings. The molecule has 2 aromatic rings. The Balaban J connectivity index is 1.96. The van der Waals surface area contributed by atoms with Gasteiger partial charge in [-0.15, -0.1) is 0 Å². The van der Waals surface area contributed by atoms with Crippen molar-refractivity contribution in [3.63, 3.8) is 0 Å². The third-order valence-electron chi connectivity index (χ3n) is 4.81. The van der Waals surface area contributed by atoms with Gasteiger partial charge < -0.3 is 15.1 Å². The molecule has 6 heteroatoms. The minimum absolute atomic E-state index is 0.0303. The maximum Gasteiger partial charge on any atom is 0.226 e. The van der Waals surface area contributed by atoms with Crippen molar-refractivity contribution in [1.29, 1.82) is 0 Å². The number of nitrogens with zero attached hydrogens (tertiary/aromatic N) is 2. The summed E-state index contributed by atoms with van der Waals surface area (Å²) in [6.07, 6.45) is 0.172. The molecule has 2 amide bonds. The number of carbonyl (C=O) groups excluding carboxylic acids is 3. The molecule has 0 spiro atoms. The van der Waals surface area contributed by atoms with E-state index in [-0.39, 0.29) is 30.6 Å². The van der Waals surface area contributed by atoms with Gasteiger partial charge in [0, 0.05) is 55.6 Å². The number of anilines is 3. The van der Waals surface area contributed by atoms with Crippen LogP contribution in [0, 0.1) is 0 Å². The number of hydrogen-bond donors (Lipinski definition) is 1. The first kappa shape index (κ1) is 22.1. The summed E-state index contributed by atoms with van der Waals surface area (Å²) in [5.41, 5.74) is 3.10. The second kappa shape index (κ2) is 10.4. The van der Waals surface area contributed by atoms with Crippen LogP contribution in [0.5, 0.6) is 0 Å². The van der Waals surface area contributed by atoms with E-state index in [9.17, 15) is 14.4 Å². The van der Waals surface area contributed by atoms with Crippen molar-refractivity contribution in [3.8, 4) is 0 Å². The third kappa shape index (κ3) is 6.17. The molecular formula is C23H29N3O3. The van der Waals surface area contributed by atoms with Crippen LogP contribution in [-0.4, -0.2) is 37.2 Å². The summed E-state index contributed by atoms with van der Waals surface area (Å²) in [6.45, 7) is 9.28. The van der Waals surface area contributed by atoms with Crippen molar-refractivity contribution >= 4 is 34.7 Å². The van der Waals surface area contributed by atoms with Crippen molar-refractivity contribution in [3.05, 3.63) is 54.1 Å². The molecule has 0 saturated heterocycles. The zero-order valence-electron chi connectivity index (χ0n) is 17.6. The summed E-state index contributed by atoms with van der Waals surface area (Å²) >= 11 is 0. The minimum Gasteiger partial charge on any atom is -0.372 e. The Morgan fingerprint density at radius 3 is 1.86 bits per heavy atom. The van der Waals surface area contributed by atoms with E-state index in [1.807, 2.05) is 24.3 Å². The SMILES string of the molecule is CCN(CC)c1ccc(NC(=O)CCN(C(C)=O)c2ccc(C(C)=O)cc2)cc1. The van der Waals surface area contributed by atoms with E-state index < -0.39 is 0 Å². The van der Waals surface area contributed by atoms with Crippen molar-refractivity contribution in [2.24, 2.45) is 0 Å². The number of benzene rings is 2. The van der Waals surface area contributed by atoms with E-state index in [1.54, 1.807) is 24.3 Å². The molecule has 0 aliphatic rings. The third-order valence-corrected chi connectivity index (χ3v) is 4.81. The lowest BCUT2D eigenvalue weighted by Gasteiger charge is -2.22. The average Bonchev–Trinajstić information content (AvgIpc) is 2.70. The number of ketones is 1. The van der Waals surface area contributed by atoms with E-state index in [0.29, 0.717) is 11.3 Å². The van der Waals surface area contributed by atoms with Gasteiger partial charge in [0.05, 0.1) is 0 Å². The molecule has 6 nitrogen and oxygen atoms in total. The van der Waals surface area contributed by atoms with Gasteiger partial charge in [-0.25, -0.2) is 0 Å². The van der Waals surface area contributed by atoms with Crippen molar-refractivity contribution < 1.29 is 14.4 Å². The van der Waals surface area contributed by atoms with Crippen LogP contribution < -0.4 is 15.1 Å². The van der Waals surface area contributed by atoms with Crippen LogP contribution in [0.4, 0.5) is 17.1 Å². The molecule has 0 unspecified atom stereocenters. The molecule has 29 heavy (non-hydrogen) atoms. The molecule has 0 aromatic heterocycles. The summed E-state index contributed by atoms with van der Waals surface area (Å²) in [5.74, 6) is -0.346. The molecule has 2 aromatic carbocycles. The minimum atomic E-state index is -0.160. The topological polar surface area (TPSA) is 69.7 Å². The van der Waals surface area contributed by atoms with Crippen molar-refractivity contribution in [1.82, 2.24) is 0 Å². The Morgan fingerprint density at radius 1 is 0.828 bits per heavy atom. The quantitative estimate of drug-likeness (QED) is 0.649. The van der Waals surface area contributed by atoms with Crippen LogP contribution in [-0.2, 0) is 9.59 Å². The fraction of sp³-hybridized carbons (Fsp3) is 0.348. The number of rotatable bonds is 9. The summed E-state index contributed by atoms with van der Waals surface area (Å²) < 4.78 is 0. The largest absolute Gasteiger partial charge is 0.372 e. The molecular weight excluding hydrogens is 366 g/mol. The van der Waals surface area contributed by atoms with E-state index >= 15 is 0 Å². The van der Waals surface area contributed by atoms with Gasteiger partial charge in [-0.05, 0) is 69.3 Å². The fourth-order valence-electron chi connectivity index (χ4n) is 3.13. The second-order valence-corrected chi connectivity index (χ2v) is 6.79. The number of Topliss-reactive ketones (excluding diaryl/α,β-unsaturated/α-hetero) is 1. The van der Waals surface area contributed by atoms with Crippen LogP contribution in [0.1, 0.15) is 44.5 Å². The van der Waals surface area contributed by atoms with Crippen LogP contribution in [0.25, 0.3) is 0 Å². The van der Waals surface area contributed by atoms with Gasteiger partial charge >= 0.3 is 0 Å².